The number of hydrogen-bond acceptors (Lipinski definition) is 6. The fraction of sp³-hybridized carbons (Fsp3) is 0.500. The van der Waals surface area contributed by atoms with Crippen molar-refractivity contribution in [2.75, 3.05) is 26.2 Å². The van der Waals surface area contributed by atoms with Gasteiger partial charge in [-0.15, -0.1) is 10.2 Å². The predicted octanol–water partition coefficient (Wildman–Crippen LogP) is 1.22. The van der Waals surface area contributed by atoms with Crippen molar-refractivity contribution < 1.29 is 9.53 Å². The molecule has 2 N–H and O–H groups in total. The molecular weight excluding hydrogens is 393 g/mol. The van der Waals surface area contributed by atoms with Gasteiger partial charge < -0.3 is 15.4 Å². The van der Waals surface area contributed by atoms with Crippen LogP contribution in [0, 0.1) is 0 Å². The van der Waals surface area contributed by atoms with E-state index in [1.165, 1.54) is 4.80 Å². The average Bonchev–Trinajstić information content (AvgIpc) is 3.07. The number of hydrogen-bond donors (Lipinski definition) is 2. The molecule has 0 bridgehead atoms. The molecule has 146 valence electrons. The molecule has 1 aromatic carbocycles. The van der Waals surface area contributed by atoms with Crippen LogP contribution in [-0.4, -0.2) is 63.5 Å². The third-order valence-electron chi connectivity index (χ3n) is 4.06. The standard InChI is InChI=1S/C16H21Cl2N7O2/c1-24-22-15(21-23-24)8-20-16(26)19-7-12-10-25(4-5-27-12)9-11-2-3-13(17)14(18)6-11/h2-3,6,12H,4-5,7-10H2,1H3,(H2,19,20,26)/t12-/m0/s1. The number of nitrogens with one attached hydrogen (secondary N) is 2. The van der Waals surface area contributed by atoms with Gasteiger partial charge in [-0.1, -0.05) is 29.3 Å². The van der Waals surface area contributed by atoms with Crippen LogP contribution in [0.25, 0.3) is 0 Å². The van der Waals surface area contributed by atoms with Gasteiger partial charge in [0.15, 0.2) is 5.82 Å². The Morgan fingerprint density at radius 1 is 1.33 bits per heavy atom. The third kappa shape index (κ3) is 6.03. The van der Waals surface area contributed by atoms with Gasteiger partial charge >= 0.3 is 6.03 Å². The summed E-state index contributed by atoms with van der Waals surface area (Å²) >= 11 is 12.0. The number of tetrazole rings is 1. The van der Waals surface area contributed by atoms with Crippen molar-refractivity contribution in [3.05, 3.63) is 39.6 Å². The average molecular weight is 414 g/mol. The molecule has 27 heavy (non-hydrogen) atoms. The van der Waals surface area contributed by atoms with Crippen LogP contribution in [0.2, 0.25) is 10.0 Å². The molecule has 2 aromatic rings. The summed E-state index contributed by atoms with van der Waals surface area (Å²) in [6, 6.07) is 5.34. The maximum Gasteiger partial charge on any atom is 0.315 e. The maximum absolute atomic E-state index is 11.9. The highest BCUT2D eigenvalue weighted by molar-refractivity contribution is 6.42. The van der Waals surface area contributed by atoms with Crippen LogP contribution in [0.1, 0.15) is 11.4 Å². The largest absolute Gasteiger partial charge is 0.374 e. The van der Waals surface area contributed by atoms with Crippen LogP contribution in [0.3, 0.4) is 0 Å². The molecule has 1 atom stereocenters. The highest BCUT2D eigenvalue weighted by Crippen LogP contribution is 2.23. The molecular formula is C16H21Cl2N7O2. The van der Waals surface area contributed by atoms with E-state index in [1.54, 1.807) is 13.1 Å². The summed E-state index contributed by atoms with van der Waals surface area (Å²) in [5, 5.41) is 18.1. The van der Waals surface area contributed by atoms with E-state index in [0.29, 0.717) is 35.6 Å². The molecule has 0 spiro atoms. The number of morpholine rings is 1. The number of ether oxygens (including phenoxy) is 1. The summed E-state index contributed by atoms with van der Waals surface area (Å²) in [6.45, 7) is 3.53. The van der Waals surface area contributed by atoms with Crippen LogP contribution in [0.4, 0.5) is 4.79 Å². The van der Waals surface area contributed by atoms with Crippen molar-refractivity contribution >= 4 is 29.2 Å². The Morgan fingerprint density at radius 3 is 2.93 bits per heavy atom. The number of carbonyl (C=O) groups excluding carboxylic acids is 1. The van der Waals surface area contributed by atoms with E-state index in [0.717, 1.165) is 18.7 Å². The number of urea groups is 1. The minimum Gasteiger partial charge on any atom is -0.374 e. The lowest BCUT2D eigenvalue weighted by molar-refractivity contribution is -0.0287. The SMILES string of the molecule is Cn1nnc(CNC(=O)NC[C@H]2CN(Cc3ccc(Cl)c(Cl)c3)CCO2)n1. The second-order valence-corrected chi connectivity index (χ2v) is 7.05. The minimum atomic E-state index is -0.298. The summed E-state index contributed by atoms with van der Waals surface area (Å²) in [5.41, 5.74) is 1.09. The van der Waals surface area contributed by atoms with Crippen molar-refractivity contribution in [1.82, 2.24) is 35.7 Å². The van der Waals surface area contributed by atoms with Gasteiger partial charge in [0.1, 0.15) is 0 Å². The lowest BCUT2D eigenvalue weighted by Gasteiger charge is -2.33. The summed E-state index contributed by atoms with van der Waals surface area (Å²) in [6.07, 6.45) is -0.0816. The molecule has 11 heteroatoms. The molecule has 9 nitrogen and oxygen atoms in total. The molecule has 1 saturated heterocycles. The minimum absolute atomic E-state index is 0.0816. The van der Waals surface area contributed by atoms with Gasteiger partial charge in [-0.2, -0.15) is 4.80 Å². The molecule has 1 aliphatic heterocycles. The number of carbonyl (C=O) groups is 1. The van der Waals surface area contributed by atoms with E-state index in [-0.39, 0.29) is 18.7 Å². The Hall–Kier alpha value is -1.94. The van der Waals surface area contributed by atoms with Gasteiger partial charge in [-0.05, 0) is 22.9 Å². The van der Waals surface area contributed by atoms with E-state index in [1.807, 2.05) is 12.1 Å². The van der Waals surface area contributed by atoms with Crippen LogP contribution in [0.5, 0.6) is 0 Å². The zero-order valence-corrected chi connectivity index (χ0v) is 16.4. The number of benzene rings is 1. The quantitative estimate of drug-likeness (QED) is 0.738. The van der Waals surface area contributed by atoms with Crippen LogP contribution in [0.15, 0.2) is 18.2 Å². The third-order valence-corrected chi connectivity index (χ3v) is 4.80. The molecule has 0 aliphatic carbocycles. The van der Waals surface area contributed by atoms with Crippen LogP contribution in [-0.2, 0) is 24.9 Å². The Morgan fingerprint density at radius 2 is 2.19 bits per heavy atom. The first-order chi connectivity index (χ1) is 13.0. The summed E-state index contributed by atoms with van der Waals surface area (Å²) in [7, 11) is 1.67. The monoisotopic (exact) mass is 413 g/mol. The molecule has 2 amide bonds. The van der Waals surface area contributed by atoms with Gasteiger partial charge in [0.2, 0.25) is 0 Å². The second-order valence-electron chi connectivity index (χ2n) is 6.24. The first-order valence-corrected chi connectivity index (χ1v) is 9.27. The molecule has 0 radical (unpaired) electrons. The van der Waals surface area contributed by atoms with Crippen molar-refractivity contribution in [2.24, 2.45) is 7.05 Å². The number of halogens is 2. The first-order valence-electron chi connectivity index (χ1n) is 8.52. The molecule has 1 aliphatic rings. The molecule has 0 unspecified atom stereocenters. The van der Waals surface area contributed by atoms with E-state index in [2.05, 4.69) is 30.9 Å². The molecule has 1 aromatic heterocycles. The highest BCUT2D eigenvalue weighted by atomic mass is 35.5. The molecule has 2 heterocycles. The predicted molar refractivity (Wildman–Crippen MR) is 101 cm³/mol. The maximum atomic E-state index is 11.9. The Balaban J connectivity index is 1.41. The number of aromatic nitrogens is 4. The van der Waals surface area contributed by atoms with Gasteiger partial charge in [0, 0.05) is 26.2 Å². The molecule has 0 saturated carbocycles. The van der Waals surface area contributed by atoms with Crippen molar-refractivity contribution in [3.63, 3.8) is 0 Å². The Labute approximate surface area is 166 Å². The zero-order valence-electron chi connectivity index (χ0n) is 14.9. The molecule has 3 rings (SSSR count). The number of rotatable bonds is 6. The van der Waals surface area contributed by atoms with Crippen molar-refractivity contribution in [1.29, 1.82) is 0 Å². The Bertz CT molecular complexity index is 786. The van der Waals surface area contributed by atoms with Gasteiger partial charge in [-0.25, -0.2) is 4.79 Å². The lowest BCUT2D eigenvalue weighted by Crippen LogP contribution is -2.48. The van der Waals surface area contributed by atoms with E-state index in [4.69, 9.17) is 27.9 Å². The van der Waals surface area contributed by atoms with E-state index >= 15 is 0 Å². The smallest absolute Gasteiger partial charge is 0.315 e. The highest BCUT2D eigenvalue weighted by Gasteiger charge is 2.21. The second kappa shape index (κ2) is 9.32. The van der Waals surface area contributed by atoms with Gasteiger partial charge in [0.25, 0.3) is 0 Å². The Kier molecular flexibility index (Phi) is 6.84. The van der Waals surface area contributed by atoms with Crippen LogP contribution >= 0.6 is 23.2 Å². The molecule has 1 fully saturated rings. The normalized spacial score (nSPS) is 17.7. The van der Waals surface area contributed by atoms with Gasteiger partial charge in [0.05, 0.1) is 36.3 Å². The topological polar surface area (TPSA) is 97.2 Å². The fourth-order valence-corrected chi connectivity index (χ4v) is 3.09. The zero-order chi connectivity index (χ0) is 19.2. The van der Waals surface area contributed by atoms with Crippen LogP contribution < -0.4 is 10.6 Å². The lowest BCUT2D eigenvalue weighted by atomic mass is 10.2. The first kappa shape index (κ1) is 19.8. The van der Waals surface area contributed by atoms with E-state index < -0.39 is 0 Å². The summed E-state index contributed by atoms with van der Waals surface area (Å²) < 4.78 is 5.74. The fourth-order valence-electron chi connectivity index (χ4n) is 2.77. The van der Waals surface area contributed by atoms with Crippen molar-refractivity contribution in [3.8, 4) is 0 Å². The van der Waals surface area contributed by atoms with Crippen molar-refractivity contribution in [2.45, 2.75) is 19.2 Å². The summed E-state index contributed by atoms with van der Waals surface area (Å²) in [5.74, 6) is 0.453. The number of nitrogens with zero attached hydrogens (tertiary/aromatic N) is 5. The number of amides is 2. The summed E-state index contributed by atoms with van der Waals surface area (Å²) in [4.78, 5) is 15.5. The van der Waals surface area contributed by atoms with Gasteiger partial charge in [-0.3, -0.25) is 4.90 Å². The van der Waals surface area contributed by atoms with E-state index in [9.17, 15) is 4.79 Å². The number of aryl methyl sites for hydroxylation is 1.